The highest BCUT2D eigenvalue weighted by molar-refractivity contribution is 9.10. The number of hydrogen-bond donors (Lipinski definition) is 5. The Balaban J connectivity index is 0.000000714. The molecule has 686 valence electrons. The number of nitrogens with two attached hydrogens (primary N) is 1. The van der Waals surface area contributed by atoms with Crippen LogP contribution in [0.3, 0.4) is 0 Å². The summed E-state index contributed by atoms with van der Waals surface area (Å²) in [6, 6.07) is 13.7. The molecule has 1 aromatic carbocycles. The Morgan fingerprint density at radius 1 is 0.472 bits per heavy atom. The van der Waals surface area contributed by atoms with Crippen molar-refractivity contribution in [1.29, 1.82) is 0 Å². The van der Waals surface area contributed by atoms with Gasteiger partial charge >= 0.3 is 11.9 Å². The quantitative estimate of drug-likeness (QED) is 0.0113. The molecule has 6 N–H and O–H groups in total. The number of carbonyl (C=O) groups is 3. The lowest BCUT2D eigenvalue weighted by Gasteiger charge is -2.34. The topological polar surface area (TPSA) is 272 Å². The number of aliphatic hydroxyl groups excluding tert-OH is 2. The number of carboxylic acids is 2. The fourth-order valence-electron chi connectivity index (χ4n) is 13.9. The van der Waals surface area contributed by atoms with Crippen molar-refractivity contribution < 1.29 is 66.7 Å². The van der Waals surface area contributed by atoms with Gasteiger partial charge in [0.25, 0.3) is 0 Å². The Labute approximate surface area is 779 Å². The second kappa shape index (κ2) is 58.3. The number of aldehydes is 1. The standard InChI is InChI=1S/C22H32F2OSSi.C14H25NO3SSi.C14H27NOSSi.C8H11NO3S.C7H8O2S.C7H10OS.C7H8OS.C6H6O2S.C5H5BrS.CH4/c1-6-27(7-2,8-3)25-21(22-16(4)15-26-17(22)5)11-9-10-18-12-19(23)14-20(24)13-18;1-6-20(7-2,8-3)18-13(9-15(16)17)14-11(4)10-19-12(14)5;1-6-18(7-2,8-3)16-13(9-15)14-11(4)10-17-12(14)5;1-5-4-13-6(2)8(5)7(10)3-9(11)12;1-4-3-10-5(2)6(4)7(8)9;2*1-5-4-9-6(2)7(5)3-8;1-4-2-9-3-5(4)6(7)8;1-4-2-7-3-5(4)6;/h12-15,21H,6-11H2,1-5H3;10,13H,6-9H2,1-5H3;10,13H,6-9,15H2,1-5H3;4,7,10H,3H2,1-2H3;3H,1-2H3,(H,8,9);4,8H,3H2,1-2H3;3-4H,1-2H3;2-3H,1H3,(H,7,8);2-3H,1H3;1H4. The fourth-order valence-corrected chi connectivity index (χ4v) is 30.6. The van der Waals surface area contributed by atoms with Crippen LogP contribution in [0.4, 0.5) is 8.78 Å². The van der Waals surface area contributed by atoms with Crippen molar-refractivity contribution in [3.05, 3.63) is 248 Å². The first-order chi connectivity index (χ1) is 57.4. The fraction of sp³-hybridized carbons (Fsp3) is 0.505. The van der Waals surface area contributed by atoms with Gasteiger partial charge in [-0.25, -0.2) is 18.4 Å². The molecule has 4 unspecified atom stereocenters. The lowest BCUT2D eigenvalue weighted by atomic mass is 9.99. The number of nitro groups is 2. The number of carbonyl (C=O) groups excluding carboxylic acids is 1. The number of aliphatic hydroxyl groups is 2. The van der Waals surface area contributed by atoms with Crippen molar-refractivity contribution in [2.75, 3.05) is 19.6 Å². The summed E-state index contributed by atoms with van der Waals surface area (Å²) in [6.45, 7) is 52.1. The maximum Gasteiger partial charge on any atom is 0.337 e. The van der Waals surface area contributed by atoms with Gasteiger partial charge in [0.1, 0.15) is 23.8 Å². The van der Waals surface area contributed by atoms with Gasteiger partial charge in [-0.05, 0) is 333 Å². The molecule has 0 saturated heterocycles. The number of hydrogen-bond acceptors (Lipinski definition) is 22. The van der Waals surface area contributed by atoms with E-state index >= 15 is 0 Å². The molecule has 0 aliphatic carbocycles. The number of benzene rings is 1. The molecule has 0 aliphatic heterocycles. The van der Waals surface area contributed by atoms with E-state index < -0.39 is 66.1 Å². The highest BCUT2D eigenvalue weighted by Crippen LogP contribution is 2.41. The van der Waals surface area contributed by atoms with Crippen LogP contribution < -0.4 is 5.73 Å². The van der Waals surface area contributed by atoms with Gasteiger partial charge in [-0.15, -0.1) is 79.4 Å². The van der Waals surface area contributed by atoms with Gasteiger partial charge in [-0.2, -0.15) is 22.7 Å². The third kappa shape index (κ3) is 37.0. The number of carboxylic acid groups (broad SMARTS) is 2. The minimum absolute atomic E-state index is 0. The minimum Gasteiger partial charge on any atom is -0.478 e. The van der Waals surface area contributed by atoms with Crippen molar-refractivity contribution in [3.63, 3.8) is 0 Å². The van der Waals surface area contributed by atoms with Crippen LogP contribution in [0.25, 0.3) is 0 Å². The van der Waals surface area contributed by atoms with Gasteiger partial charge in [-0.1, -0.05) is 69.7 Å². The normalized spacial score (nSPS) is 11.9. The van der Waals surface area contributed by atoms with Crippen LogP contribution in [0.15, 0.2) is 81.9 Å². The molecule has 17 nitrogen and oxygen atoms in total. The van der Waals surface area contributed by atoms with Crippen LogP contribution >= 0.6 is 118 Å². The SMILES string of the molecule is C.CC[Si](CC)(CC)OC(CCCc1cc(F)cc(F)c1)c1c(C)csc1C.CC[Si](CC)(CC)OC(CN)c1c(C)csc1C.CC[Si](CC)(CC)OC(C[N+](=O)[O-])c1c(C)csc1C.Cc1csc(C)c1C(=O)O.Cc1csc(C)c1C(O)C[N+](=O)[O-].Cc1csc(C)c1C=O.Cc1csc(C)c1CO.Cc1cscc1Br.Cc1cscc1C(=O)O. The molecular weight excluding hydrogens is 1850 g/mol. The third-order valence-corrected chi connectivity index (χ3v) is 46.1. The zero-order valence-corrected chi connectivity index (χ0v) is 87.9. The van der Waals surface area contributed by atoms with Crippen LogP contribution in [0.5, 0.6) is 0 Å². The summed E-state index contributed by atoms with van der Waals surface area (Å²) in [5.41, 5.74) is 23.9. The first kappa shape index (κ1) is 116. The molecule has 0 aliphatic rings. The van der Waals surface area contributed by atoms with E-state index in [1.54, 1.807) is 80.3 Å². The van der Waals surface area contributed by atoms with Crippen LogP contribution in [-0.2, 0) is 26.3 Å². The molecule has 123 heavy (non-hydrogen) atoms. The smallest absolute Gasteiger partial charge is 0.337 e. The number of thiophene rings is 9. The Kier molecular flexibility index (Phi) is 54.8. The molecule has 10 rings (SSSR count). The summed E-state index contributed by atoms with van der Waals surface area (Å²) < 4.78 is 48.0. The second-order valence-electron chi connectivity index (χ2n) is 30.0. The molecular formula is C91H136BrF2N3O14S9Si3. The average Bonchev–Trinajstić information content (AvgIpc) is 1.74. The molecule has 9 heterocycles. The van der Waals surface area contributed by atoms with Gasteiger partial charge < -0.3 is 39.4 Å². The number of aryl methyl sites for hydroxylation is 17. The largest absolute Gasteiger partial charge is 0.478 e. The number of aromatic carboxylic acids is 2. The lowest BCUT2D eigenvalue weighted by Crippen LogP contribution is -2.39. The zero-order chi connectivity index (χ0) is 92.7. The van der Waals surface area contributed by atoms with Gasteiger partial charge in [0.05, 0.1) is 29.9 Å². The van der Waals surface area contributed by atoms with E-state index in [1.165, 1.54) is 117 Å². The average molecular weight is 1990 g/mol. The first-order valence-corrected chi connectivity index (χ1v) is 57.5. The van der Waals surface area contributed by atoms with E-state index in [1.807, 2.05) is 90.8 Å². The van der Waals surface area contributed by atoms with Crippen LogP contribution in [0.1, 0.15) is 256 Å². The van der Waals surface area contributed by atoms with Gasteiger partial charge in [0, 0.05) is 88.5 Å². The number of halogens is 3. The third-order valence-electron chi connectivity index (χ3n) is 21.9. The minimum atomic E-state index is -1.85. The Morgan fingerprint density at radius 3 is 1.11 bits per heavy atom. The Bertz CT molecular complexity index is 4600. The van der Waals surface area contributed by atoms with E-state index in [0.717, 1.165) is 131 Å². The monoisotopic (exact) mass is 1980 g/mol. The van der Waals surface area contributed by atoms with E-state index in [-0.39, 0.29) is 43.8 Å². The van der Waals surface area contributed by atoms with Crippen molar-refractivity contribution >= 4 is 161 Å². The molecule has 0 radical (unpaired) electrons. The first-order valence-electron chi connectivity index (χ1n) is 41.1. The summed E-state index contributed by atoms with van der Waals surface area (Å²) in [6.07, 6.45) is 2.14. The molecule has 32 heteroatoms. The molecule has 0 fully saturated rings. The summed E-state index contributed by atoms with van der Waals surface area (Å²) >= 11 is 18.0. The number of nitrogens with zero attached hydrogens (tertiary/aromatic N) is 2. The molecule has 0 spiro atoms. The highest BCUT2D eigenvalue weighted by atomic mass is 79.9. The number of rotatable bonds is 32. The maximum absolute atomic E-state index is 13.4. The maximum atomic E-state index is 13.4. The molecule has 9 aromatic heterocycles. The van der Waals surface area contributed by atoms with Crippen molar-refractivity contribution in [1.82, 2.24) is 0 Å². The van der Waals surface area contributed by atoms with Crippen molar-refractivity contribution in [2.45, 2.75) is 285 Å². The van der Waals surface area contributed by atoms with Crippen molar-refractivity contribution in [2.24, 2.45) is 5.73 Å². The summed E-state index contributed by atoms with van der Waals surface area (Å²) in [5.74, 6) is -2.67. The molecule has 0 amide bonds. The summed E-state index contributed by atoms with van der Waals surface area (Å²) in [7, 11) is -5.17. The zero-order valence-electron chi connectivity index (χ0n) is 75.9. The molecule has 4 atom stereocenters. The second-order valence-corrected chi connectivity index (χ2v) is 54.1. The van der Waals surface area contributed by atoms with Crippen LogP contribution in [0.2, 0.25) is 54.4 Å². The molecule has 10 aromatic rings. The predicted octanol–water partition coefficient (Wildman–Crippen LogP) is 29.8. The van der Waals surface area contributed by atoms with Crippen LogP contribution in [0, 0.1) is 143 Å². The Morgan fingerprint density at radius 2 is 0.837 bits per heavy atom. The lowest BCUT2D eigenvalue weighted by molar-refractivity contribution is -0.491. The van der Waals surface area contributed by atoms with E-state index in [4.69, 9.17) is 34.3 Å². The van der Waals surface area contributed by atoms with Gasteiger partial charge in [-0.3, -0.25) is 25.0 Å². The summed E-state index contributed by atoms with van der Waals surface area (Å²) in [5, 5.41) is 78.6. The van der Waals surface area contributed by atoms with Gasteiger partial charge in [0.15, 0.2) is 31.2 Å². The predicted molar refractivity (Wildman–Crippen MR) is 534 cm³/mol. The Hall–Kier alpha value is -5.32. The highest BCUT2D eigenvalue weighted by Gasteiger charge is 2.38. The van der Waals surface area contributed by atoms with Crippen LogP contribution in [-0.4, -0.2) is 93.1 Å². The molecule has 0 saturated carbocycles. The van der Waals surface area contributed by atoms with E-state index in [9.17, 15) is 48.5 Å². The molecule has 0 bridgehead atoms. The van der Waals surface area contributed by atoms with E-state index in [2.05, 4.69) is 145 Å². The van der Waals surface area contributed by atoms with Gasteiger partial charge in [0.2, 0.25) is 13.1 Å². The van der Waals surface area contributed by atoms with Crippen molar-refractivity contribution in [3.8, 4) is 0 Å². The summed E-state index contributed by atoms with van der Waals surface area (Å²) in [4.78, 5) is 59.6. The van der Waals surface area contributed by atoms with E-state index in [0.29, 0.717) is 29.7 Å².